The van der Waals surface area contributed by atoms with E-state index in [1.807, 2.05) is 30.0 Å². The van der Waals surface area contributed by atoms with Gasteiger partial charge in [0.05, 0.1) is 24.8 Å². The first-order valence-electron chi connectivity index (χ1n) is 9.38. The molecule has 0 spiro atoms. The van der Waals surface area contributed by atoms with Crippen LogP contribution in [0.1, 0.15) is 37.6 Å². The fourth-order valence-corrected chi connectivity index (χ4v) is 3.73. The molecule has 4 rings (SSSR count). The molecule has 0 radical (unpaired) electrons. The van der Waals surface area contributed by atoms with Crippen molar-refractivity contribution in [3.8, 4) is 5.82 Å². The minimum absolute atomic E-state index is 0. The highest BCUT2D eigenvalue weighted by atomic mass is 127. The maximum absolute atomic E-state index is 5.92. The summed E-state index contributed by atoms with van der Waals surface area (Å²) in [5, 5.41) is 6.87. The van der Waals surface area contributed by atoms with Gasteiger partial charge in [0.25, 0.3) is 0 Å². The van der Waals surface area contributed by atoms with E-state index in [0.717, 1.165) is 42.6 Å². The SMILES string of the molecule is CCNC(=NCc1ccc(-n2ccnc2C)nc1)NC1CC2CCC1O2.I. The maximum Gasteiger partial charge on any atom is 0.191 e. The molecule has 7 nitrogen and oxygen atoms in total. The zero-order valence-corrected chi connectivity index (χ0v) is 18.1. The lowest BCUT2D eigenvalue weighted by molar-refractivity contribution is 0.0992. The van der Waals surface area contributed by atoms with Crippen LogP contribution in [0.15, 0.2) is 35.7 Å². The molecule has 146 valence electrons. The molecule has 2 fully saturated rings. The van der Waals surface area contributed by atoms with Crippen molar-refractivity contribution in [2.75, 3.05) is 6.54 Å². The van der Waals surface area contributed by atoms with E-state index in [1.165, 1.54) is 6.42 Å². The summed E-state index contributed by atoms with van der Waals surface area (Å²) in [6, 6.07) is 4.44. The summed E-state index contributed by atoms with van der Waals surface area (Å²) >= 11 is 0. The summed E-state index contributed by atoms with van der Waals surface area (Å²) in [5.74, 6) is 2.65. The van der Waals surface area contributed by atoms with Crippen molar-refractivity contribution in [3.63, 3.8) is 0 Å². The van der Waals surface area contributed by atoms with Gasteiger partial charge in [0.2, 0.25) is 0 Å². The number of rotatable bonds is 5. The highest BCUT2D eigenvalue weighted by Crippen LogP contribution is 2.34. The molecule has 0 aromatic carbocycles. The van der Waals surface area contributed by atoms with Gasteiger partial charge in [-0.05, 0) is 44.7 Å². The van der Waals surface area contributed by atoms with Crippen LogP contribution in [-0.4, -0.2) is 45.3 Å². The third-order valence-corrected chi connectivity index (χ3v) is 5.07. The van der Waals surface area contributed by atoms with Crippen LogP contribution in [-0.2, 0) is 11.3 Å². The number of fused-ring (bicyclic) bond motifs is 2. The van der Waals surface area contributed by atoms with Gasteiger partial charge in [0.1, 0.15) is 11.6 Å². The number of nitrogens with one attached hydrogen (secondary N) is 2. The van der Waals surface area contributed by atoms with E-state index in [1.54, 1.807) is 6.20 Å². The molecular formula is C19H27IN6O. The van der Waals surface area contributed by atoms with Gasteiger partial charge in [-0.15, -0.1) is 24.0 Å². The monoisotopic (exact) mass is 482 g/mol. The van der Waals surface area contributed by atoms with E-state index in [-0.39, 0.29) is 24.0 Å². The van der Waals surface area contributed by atoms with Crippen LogP contribution in [0.25, 0.3) is 5.82 Å². The van der Waals surface area contributed by atoms with Crippen LogP contribution >= 0.6 is 24.0 Å². The van der Waals surface area contributed by atoms with E-state index in [2.05, 4.69) is 33.6 Å². The van der Waals surface area contributed by atoms with Gasteiger partial charge >= 0.3 is 0 Å². The minimum Gasteiger partial charge on any atom is -0.373 e. The molecule has 2 bridgehead atoms. The number of aliphatic imine (C=N–C) groups is 1. The molecule has 27 heavy (non-hydrogen) atoms. The van der Waals surface area contributed by atoms with E-state index < -0.39 is 0 Å². The molecule has 3 unspecified atom stereocenters. The first-order valence-corrected chi connectivity index (χ1v) is 9.38. The van der Waals surface area contributed by atoms with Crippen LogP contribution < -0.4 is 10.6 Å². The number of hydrogen-bond donors (Lipinski definition) is 2. The molecule has 0 aliphatic carbocycles. The number of guanidine groups is 1. The van der Waals surface area contributed by atoms with Gasteiger partial charge in [-0.3, -0.25) is 4.57 Å². The summed E-state index contributed by atoms with van der Waals surface area (Å²) in [7, 11) is 0. The second-order valence-corrected chi connectivity index (χ2v) is 6.92. The number of aromatic nitrogens is 3. The lowest BCUT2D eigenvalue weighted by atomic mass is 9.96. The number of pyridine rings is 1. The Morgan fingerprint density at radius 3 is 2.81 bits per heavy atom. The van der Waals surface area contributed by atoms with Crippen LogP contribution in [0.4, 0.5) is 0 Å². The van der Waals surface area contributed by atoms with Crippen LogP contribution in [0.2, 0.25) is 0 Å². The Hall–Kier alpha value is -1.68. The predicted octanol–water partition coefficient (Wildman–Crippen LogP) is 2.57. The third-order valence-electron chi connectivity index (χ3n) is 5.07. The number of imidazole rings is 1. The number of aryl methyl sites for hydroxylation is 1. The first-order chi connectivity index (χ1) is 12.7. The number of ether oxygens (including phenoxy) is 1. The van der Waals surface area contributed by atoms with Crippen molar-refractivity contribution >= 4 is 29.9 Å². The molecule has 2 aliphatic rings. The molecule has 2 saturated heterocycles. The van der Waals surface area contributed by atoms with E-state index in [4.69, 9.17) is 9.73 Å². The van der Waals surface area contributed by atoms with Crippen molar-refractivity contribution in [3.05, 3.63) is 42.1 Å². The molecule has 0 saturated carbocycles. The Labute approximate surface area is 177 Å². The minimum atomic E-state index is 0. The lowest BCUT2D eigenvalue weighted by Gasteiger charge is -2.22. The molecule has 4 heterocycles. The summed E-state index contributed by atoms with van der Waals surface area (Å²) in [6.45, 7) is 5.48. The van der Waals surface area contributed by atoms with E-state index in [0.29, 0.717) is 24.8 Å². The zero-order chi connectivity index (χ0) is 17.9. The molecule has 2 aromatic rings. The second kappa shape index (κ2) is 9.01. The summed E-state index contributed by atoms with van der Waals surface area (Å²) in [4.78, 5) is 13.5. The fraction of sp³-hybridized carbons (Fsp3) is 0.526. The van der Waals surface area contributed by atoms with Gasteiger partial charge in [-0.1, -0.05) is 6.07 Å². The Bertz CT molecular complexity index is 775. The number of hydrogen-bond acceptors (Lipinski definition) is 4. The Kier molecular flexibility index (Phi) is 6.69. The average molecular weight is 482 g/mol. The lowest BCUT2D eigenvalue weighted by Crippen LogP contribution is -2.47. The Morgan fingerprint density at radius 1 is 1.33 bits per heavy atom. The zero-order valence-electron chi connectivity index (χ0n) is 15.8. The molecule has 2 aromatic heterocycles. The molecule has 3 atom stereocenters. The standard InChI is InChI=1S/C19H26N6O.HI/c1-3-20-19(24-16-10-15-5-6-17(16)26-15)23-12-14-4-7-18(22-11-14)25-9-8-21-13(25)2;/h4,7-9,11,15-17H,3,5-6,10,12H2,1-2H3,(H2,20,23,24);1H. The molecule has 2 N–H and O–H groups in total. The quantitative estimate of drug-likeness (QED) is 0.389. The average Bonchev–Trinajstić information content (AvgIpc) is 3.37. The second-order valence-electron chi connectivity index (χ2n) is 6.92. The first kappa shape index (κ1) is 20.1. The molecular weight excluding hydrogens is 455 g/mol. The van der Waals surface area contributed by atoms with E-state index >= 15 is 0 Å². The van der Waals surface area contributed by atoms with Crippen molar-refractivity contribution in [2.45, 2.75) is 57.9 Å². The molecule has 0 amide bonds. The number of nitrogens with zero attached hydrogens (tertiary/aromatic N) is 4. The smallest absolute Gasteiger partial charge is 0.191 e. The van der Waals surface area contributed by atoms with Gasteiger partial charge in [0.15, 0.2) is 5.96 Å². The van der Waals surface area contributed by atoms with Gasteiger partial charge < -0.3 is 15.4 Å². The largest absolute Gasteiger partial charge is 0.373 e. The van der Waals surface area contributed by atoms with Gasteiger partial charge in [-0.25, -0.2) is 15.0 Å². The van der Waals surface area contributed by atoms with Crippen LogP contribution in [0, 0.1) is 6.92 Å². The van der Waals surface area contributed by atoms with Gasteiger partial charge in [-0.2, -0.15) is 0 Å². The summed E-state index contributed by atoms with van der Waals surface area (Å²) in [5.41, 5.74) is 1.08. The normalized spacial score (nSPS) is 23.9. The Morgan fingerprint density at radius 2 is 2.22 bits per heavy atom. The van der Waals surface area contributed by atoms with Crippen molar-refractivity contribution in [1.82, 2.24) is 25.2 Å². The van der Waals surface area contributed by atoms with Crippen LogP contribution in [0.3, 0.4) is 0 Å². The third kappa shape index (κ3) is 4.60. The van der Waals surface area contributed by atoms with Crippen molar-refractivity contribution < 1.29 is 4.74 Å². The predicted molar refractivity (Wildman–Crippen MR) is 116 cm³/mol. The number of halogens is 1. The summed E-state index contributed by atoms with van der Waals surface area (Å²) in [6.07, 6.45) is 9.78. The highest BCUT2D eigenvalue weighted by molar-refractivity contribution is 14.0. The topological polar surface area (TPSA) is 76.4 Å². The molecule has 8 heteroatoms. The van der Waals surface area contributed by atoms with Crippen LogP contribution in [0.5, 0.6) is 0 Å². The highest BCUT2D eigenvalue weighted by Gasteiger charge is 2.41. The summed E-state index contributed by atoms with van der Waals surface area (Å²) < 4.78 is 7.89. The maximum atomic E-state index is 5.92. The Balaban J connectivity index is 0.00000210. The van der Waals surface area contributed by atoms with Crippen molar-refractivity contribution in [2.24, 2.45) is 4.99 Å². The van der Waals surface area contributed by atoms with E-state index in [9.17, 15) is 0 Å². The van der Waals surface area contributed by atoms with Crippen molar-refractivity contribution in [1.29, 1.82) is 0 Å². The fourth-order valence-electron chi connectivity index (χ4n) is 3.73. The van der Waals surface area contributed by atoms with Gasteiger partial charge in [0, 0.05) is 25.1 Å². The molecule has 2 aliphatic heterocycles.